The van der Waals surface area contributed by atoms with Crippen LogP contribution in [0.2, 0.25) is 5.02 Å². The van der Waals surface area contributed by atoms with E-state index in [4.69, 9.17) is 11.6 Å². The summed E-state index contributed by atoms with van der Waals surface area (Å²) in [4.78, 5) is 69.8. The van der Waals surface area contributed by atoms with Gasteiger partial charge in [0.2, 0.25) is 23.6 Å². The number of anilines is 2. The number of aromatic hydroxyl groups is 1. The van der Waals surface area contributed by atoms with Gasteiger partial charge >= 0.3 is 0 Å². The maximum Gasteiger partial charge on any atom is 0.271 e. The van der Waals surface area contributed by atoms with Crippen molar-refractivity contribution in [1.29, 1.82) is 0 Å². The van der Waals surface area contributed by atoms with Crippen LogP contribution in [0.5, 0.6) is 5.75 Å². The molecule has 244 valence electrons. The topological polar surface area (TPSA) is 138 Å². The van der Waals surface area contributed by atoms with Gasteiger partial charge in [0.1, 0.15) is 11.6 Å². The number of amides is 4. The number of nitrogens with zero attached hydrogens (tertiary/aromatic N) is 3. The van der Waals surface area contributed by atoms with Crippen molar-refractivity contribution in [3.8, 4) is 5.75 Å². The zero-order valence-corrected chi connectivity index (χ0v) is 26.4. The highest BCUT2D eigenvalue weighted by Gasteiger charge is 2.68. The highest BCUT2D eigenvalue weighted by atomic mass is 35.5. The summed E-state index contributed by atoms with van der Waals surface area (Å²) < 4.78 is 14.1. The van der Waals surface area contributed by atoms with Gasteiger partial charge in [0, 0.05) is 23.6 Å². The molecule has 3 fully saturated rings. The first-order chi connectivity index (χ1) is 22.9. The van der Waals surface area contributed by atoms with Crippen molar-refractivity contribution in [2.24, 2.45) is 29.1 Å². The summed E-state index contributed by atoms with van der Waals surface area (Å²) in [6.45, 7) is 5.45. The van der Waals surface area contributed by atoms with Gasteiger partial charge in [-0.05, 0) is 61.9 Å². The predicted molar refractivity (Wildman–Crippen MR) is 174 cm³/mol. The molecule has 7 rings (SSSR count). The molecule has 2 saturated heterocycles. The number of para-hydroxylation sites is 1. The van der Waals surface area contributed by atoms with Crippen molar-refractivity contribution in [2.45, 2.75) is 32.1 Å². The Hall–Kier alpha value is -5.16. The van der Waals surface area contributed by atoms with Gasteiger partial charge in [0.05, 0.1) is 44.5 Å². The van der Waals surface area contributed by atoms with Crippen LogP contribution in [-0.2, 0) is 25.6 Å². The van der Waals surface area contributed by atoms with Gasteiger partial charge in [-0.1, -0.05) is 53.6 Å². The van der Waals surface area contributed by atoms with Gasteiger partial charge in [0.15, 0.2) is 0 Å². The number of carbonyl (C=O) groups is 4. The monoisotopic (exact) mass is 669 g/mol. The first kappa shape index (κ1) is 31.4. The number of imide groups is 2. The maximum atomic E-state index is 14.6. The number of halogens is 2. The molecule has 4 amide bonds. The van der Waals surface area contributed by atoms with E-state index in [1.165, 1.54) is 36.4 Å². The normalized spacial score (nSPS) is 27.8. The number of hydrogen-bond donors (Lipinski definition) is 1. The molecule has 10 nitrogen and oxygen atoms in total. The highest BCUT2D eigenvalue weighted by Crippen LogP contribution is 2.64. The van der Waals surface area contributed by atoms with E-state index in [1.54, 1.807) is 31.2 Å². The molecule has 0 spiro atoms. The van der Waals surface area contributed by atoms with Gasteiger partial charge in [-0.3, -0.25) is 29.3 Å². The third-order valence-electron chi connectivity index (χ3n) is 10.6. The van der Waals surface area contributed by atoms with Crippen LogP contribution >= 0.6 is 11.6 Å². The number of nitro benzene ring substituents is 1. The number of hydrogen-bond acceptors (Lipinski definition) is 7. The average molecular weight is 670 g/mol. The fourth-order valence-electron chi connectivity index (χ4n) is 8.39. The Labute approximate surface area is 279 Å². The second-order valence-corrected chi connectivity index (χ2v) is 13.3. The number of phenolic OH excluding ortho intramolecular Hbond substituents is 1. The first-order valence-electron chi connectivity index (χ1n) is 15.5. The molecule has 2 aliphatic heterocycles. The molecular formula is C36H29ClFN3O7. The first-order valence-corrected chi connectivity index (χ1v) is 15.8. The molecule has 0 aromatic heterocycles. The minimum absolute atomic E-state index is 0.0465. The van der Waals surface area contributed by atoms with Crippen molar-refractivity contribution in [3.63, 3.8) is 0 Å². The maximum absolute atomic E-state index is 14.6. The number of non-ortho nitro benzene ring substituents is 1. The molecule has 2 heterocycles. The smallest absolute Gasteiger partial charge is 0.271 e. The van der Waals surface area contributed by atoms with E-state index in [-0.39, 0.29) is 40.7 Å². The SMILES string of the molecule is C=CCc1cccc([C@H]2C3=CC[C@@H]4C(=O)N(c5cccc([N+](=O)[O-])c5)C(=O)[C@@H]4[C@@H]3C[C@H]3C(=O)N(c4ccc(F)c(Cl)c4)C(=O)[C@@]23C)c1O. The molecule has 0 bridgehead atoms. The number of allylic oxidation sites excluding steroid dienone is 3. The van der Waals surface area contributed by atoms with Gasteiger partial charge in [-0.2, -0.15) is 0 Å². The molecule has 3 aromatic rings. The number of benzene rings is 3. The van der Waals surface area contributed by atoms with Gasteiger partial charge in [-0.15, -0.1) is 6.58 Å². The van der Waals surface area contributed by atoms with Crippen LogP contribution in [0.15, 0.2) is 85.0 Å². The van der Waals surface area contributed by atoms with Crippen LogP contribution in [0, 0.1) is 45.0 Å². The summed E-state index contributed by atoms with van der Waals surface area (Å²) >= 11 is 6.06. The highest BCUT2D eigenvalue weighted by molar-refractivity contribution is 6.32. The van der Waals surface area contributed by atoms with Crippen molar-refractivity contribution in [3.05, 3.63) is 117 Å². The lowest BCUT2D eigenvalue weighted by atomic mass is 9.51. The number of rotatable bonds is 6. The Morgan fingerprint density at radius 2 is 1.75 bits per heavy atom. The molecule has 12 heteroatoms. The van der Waals surface area contributed by atoms with Crippen molar-refractivity contribution < 1.29 is 33.6 Å². The Balaban J connectivity index is 1.38. The molecule has 1 N–H and O–H groups in total. The van der Waals surface area contributed by atoms with E-state index >= 15 is 0 Å². The summed E-state index contributed by atoms with van der Waals surface area (Å²) in [6, 6.07) is 14.1. The van der Waals surface area contributed by atoms with E-state index in [2.05, 4.69) is 6.58 Å². The van der Waals surface area contributed by atoms with Crippen LogP contribution in [0.4, 0.5) is 21.5 Å². The van der Waals surface area contributed by atoms with Crippen LogP contribution in [0.25, 0.3) is 0 Å². The van der Waals surface area contributed by atoms with Crippen molar-refractivity contribution in [1.82, 2.24) is 0 Å². The quantitative estimate of drug-likeness (QED) is 0.142. The molecular weight excluding hydrogens is 641 g/mol. The third-order valence-corrected chi connectivity index (χ3v) is 10.9. The van der Waals surface area contributed by atoms with E-state index in [0.717, 1.165) is 15.9 Å². The number of carbonyl (C=O) groups excluding carboxylic acids is 4. The number of nitro groups is 1. The molecule has 3 aromatic carbocycles. The summed E-state index contributed by atoms with van der Waals surface area (Å²) in [7, 11) is 0. The minimum Gasteiger partial charge on any atom is -0.507 e. The summed E-state index contributed by atoms with van der Waals surface area (Å²) in [6.07, 6.45) is 4.00. The average Bonchev–Trinajstić information content (AvgIpc) is 3.43. The molecule has 2 aliphatic carbocycles. The number of fused-ring (bicyclic) bond motifs is 4. The molecule has 6 atom stereocenters. The van der Waals surface area contributed by atoms with E-state index < -0.39 is 69.4 Å². The molecule has 1 saturated carbocycles. The standard InChI is InChI=1S/C36H29ClFN3O7/c1-3-6-18-7-4-10-24(31(18)42)30-22-12-13-23-29(34(45)39(32(23)43)19-8-5-9-21(15-19)41(47)48)25(22)17-26-33(44)40(35(46)36(26,30)2)20-11-14-28(38)27(37)16-20/h3-5,7-12,14-16,23,25-26,29-30,42H,1,6,13,17H2,2H3/t23-,25+,26-,29-,30+,36+/m0/s1. The van der Waals surface area contributed by atoms with E-state index in [9.17, 15) is 38.8 Å². The number of phenols is 1. The van der Waals surface area contributed by atoms with Crippen LogP contribution in [-0.4, -0.2) is 33.7 Å². The largest absolute Gasteiger partial charge is 0.507 e. The lowest BCUT2D eigenvalue weighted by molar-refractivity contribution is -0.384. The second-order valence-electron chi connectivity index (χ2n) is 12.9. The molecule has 48 heavy (non-hydrogen) atoms. The fraction of sp³-hybridized carbons (Fsp3) is 0.278. The molecule has 0 radical (unpaired) electrons. The molecule has 0 unspecified atom stereocenters. The van der Waals surface area contributed by atoms with Crippen LogP contribution in [0.1, 0.15) is 36.8 Å². The second kappa shape index (κ2) is 11.2. The Bertz CT molecular complexity index is 2010. The van der Waals surface area contributed by atoms with Gasteiger partial charge in [0.25, 0.3) is 5.69 Å². The lowest BCUT2D eigenvalue weighted by Gasteiger charge is -2.49. The van der Waals surface area contributed by atoms with Crippen molar-refractivity contribution in [2.75, 3.05) is 9.80 Å². The van der Waals surface area contributed by atoms with Gasteiger partial charge in [-0.25, -0.2) is 14.2 Å². The summed E-state index contributed by atoms with van der Waals surface area (Å²) in [5.74, 6) is -7.22. The van der Waals surface area contributed by atoms with E-state index in [1.807, 2.05) is 6.08 Å². The zero-order chi connectivity index (χ0) is 34.2. The minimum atomic E-state index is -1.44. The van der Waals surface area contributed by atoms with E-state index in [0.29, 0.717) is 23.1 Å². The van der Waals surface area contributed by atoms with Gasteiger partial charge < -0.3 is 5.11 Å². The third kappa shape index (κ3) is 4.37. The van der Waals surface area contributed by atoms with Crippen molar-refractivity contribution >= 4 is 52.3 Å². The molecule has 4 aliphatic rings. The summed E-state index contributed by atoms with van der Waals surface area (Å²) in [5, 5.41) is 22.8. The summed E-state index contributed by atoms with van der Waals surface area (Å²) in [5.41, 5.74) is 0.0564. The lowest BCUT2D eigenvalue weighted by Crippen LogP contribution is -2.49. The Morgan fingerprint density at radius 3 is 2.46 bits per heavy atom. The predicted octanol–water partition coefficient (Wildman–Crippen LogP) is 6.26. The Morgan fingerprint density at radius 1 is 1.02 bits per heavy atom. The Kier molecular flexibility index (Phi) is 7.35. The zero-order valence-electron chi connectivity index (χ0n) is 25.6. The van der Waals surface area contributed by atoms with Crippen LogP contribution in [0.3, 0.4) is 0 Å². The van der Waals surface area contributed by atoms with Crippen LogP contribution < -0.4 is 9.80 Å². The fourth-order valence-corrected chi connectivity index (χ4v) is 8.57.